The minimum atomic E-state index is -0.835. The Kier molecular flexibility index (Phi) is 3.47. The maximum Gasteiger partial charge on any atom is 0.319 e. The van der Waals surface area contributed by atoms with Gasteiger partial charge < -0.3 is 4.74 Å². The van der Waals surface area contributed by atoms with Crippen LogP contribution in [0.3, 0.4) is 0 Å². The zero-order valence-corrected chi connectivity index (χ0v) is 9.22. The fraction of sp³-hybridized carbons (Fsp3) is 0.778. The smallest absolute Gasteiger partial charge is 0.319 e. The number of methoxy groups -OCH3 is 1. The zero-order chi connectivity index (χ0) is 9.90. The monoisotopic (exact) mass is 248 g/mol. The van der Waals surface area contributed by atoms with Gasteiger partial charge in [-0.25, -0.2) is 0 Å². The van der Waals surface area contributed by atoms with E-state index in [-0.39, 0.29) is 11.8 Å². The number of halogens is 1. The summed E-state index contributed by atoms with van der Waals surface area (Å²) in [5, 5.41) is 0.661. The van der Waals surface area contributed by atoms with Gasteiger partial charge in [0.15, 0.2) is 0 Å². The molecule has 1 rings (SSSR count). The number of alkyl halides is 1. The summed E-state index contributed by atoms with van der Waals surface area (Å²) in [6, 6.07) is 0. The molecule has 0 N–H and O–H groups in total. The molecule has 1 fully saturated rings. The van der Waals surface area contributed by atoms with Crippen molar-refractivity contribution in [3.63, 3.8) is 0 Å². The normalized spacial score (nSPS) is 27.7. The Morgan fingerprint density at radius 3 is 2.77 bits per heavy atom. The molecule has 1 unspecified atom stereocenters. The molecule has 0 aromatic rings. The number of ether oxygens (including phenoxy) is 1. The fourth-order valence-electron chi connectivity index (χ4n) is 1.87. The van der Waals surface area contributed by atoms with Crippen LogP contribution < -0.4 is 0 Å². The molecule has 1 aliphatic carbocycles. The second-order valence-electron chi connectivity index (χ2n) is 3.29. The molecule has 1 saturated carbocycles. The van der Waals surface area contributed by atoms with E-state index in [1.54, 1.807) is 0 Å². The van der Waals surface area contributed by atoms with Gasteiger partial charge >= 0.3 is 5.97 Å². The Hall–Kier alpha value is -0.380. The number of hydrogen-bond donors (Lipinski definition) is 0. The van der Waals surface area contributed by atoms with E-state index in [0.717, 1.165) is 6.42 Å². The number of carbonyl (C=O) groups is 2. The molecule has 1 atom stereocenters. The second-order valence-corrected chi connectivity index (χ2v) is 4.08. The number of ketones is 1. The lowest BCUT2D eigenvalue weighted by Gasteiger charge is -2.22. The third-order valence-electron chi connectivity index (χ3n) is 2.64. The van der Waals surface area contributed by atoms with E-state index >= 15 is 0 Å². The van der Waals surface area contributed by atoms with Crippen LogP contribution in [0.5, 0.6) is 0 Å². The van der Waals surface area contributed by atoms with Crippen molar-refractivity contribution in [2.75, 3.05) is 12.4 Å². The lowest BCUT2D eigenvalue weighted by atomic mass is 9.82. The minimum absolute atomic E-state index is 0.0406. The van der Waals surface area contributed by atoms with E-state index in [9.17, 15) is 9.59 Å². The molecule has 0 aromatic heterocycles. The molecule has 0 amide bonds. The van der Waals surface area contributed by atoms with E-state index in [1.807, 2.05) is 0 Å². The molecular weight excluding hydrogens is 236 g/mol. The summed E-state index contributed by atoms with van der Waals surface area (Å²) in [5.74, 6) is -0.326. The Morgan fingerprint density at radius 2 is 2.38 bits per heavy atom. The van der Waals surface area contributed by atoms with Crippen molar-refractivity contribution < 1.29 is 14.3 Å². The zero-order valence-electron chi connectivity index (χ0n) is 7.64. The van der Waals surface area contributed by atoms with Crippen molar-refractivity contribution in [3.05, 3.63) is 0 Å². The van der Waals surface area contributed by atoms with Crippen molar-refractivity contribution >= 4 is 27.7 Å². The summed E-state index contributed by atoms with van der Waals surface area (Å²) < 4.78 is 4.68. The summed E-state index contributed by atoms with van der Waals surface area (Å²) in [7, 11) is 1.34. The van der Waals surface area contributed by atoms with Gasteiger partial charge in [0.1, 0.15) is 11.2 Å². The summed E-state index contributed by atoms with van der Waals surface area (Å²) >= 11 is 3.26. The average Bonchev–Trinajstić information content (AvgIpc) is 2.48. The second kappa shape index (κ2) is 4.22. The summed E-state index contributed by atoms with van der Waals surface area (Å²) in [4.78, 5) is 23.0. The fourth-order valence-corrected chi connectivity index (χ4v) is 2.55. The molecule has 0 aliphatic heterocycles. The van der Waals surface area contributed by atoms with Crippen LogP contribution in [0.4, 0.5) is 0 Å². The van der Waals surface area contributed by atoms with Crippen LogP contribution in [0.1, 0.15) is 25.7 Å². The van der Waals surface area contributed by atoms with Crippen LogP contribution in [0.25, 0.3) is 0 Å². The highest BCUT2D eigenvalue weighted by Crippen LogP contribution is 2.39. The van der Waals surface area contributed by atoms with Crippen molar-refractivity contribution in [2.45, 2.75) is 25.7 Å². The first-order valence-electron chi connectivity index (χ1n) is 4.35. The third kappa shape index (κ3) is 1.77. The predicted octanol–water partition coefficient (Wildman–Crippen LogP) is 1.68. The quantitative estimate of drug-likeness (QED) is 0.434. The van der Waals surface area contributed by atoms with Crippen molar-refractivity contribution in [1.29, 1.82) is 0 Å². The van der Waals surface area contributed by atoms with E-state index in [2.05, 4.69) is 20.7 Å². The van der Waals surface area contributed by atoms with Gasteiger partial charge in [0.05, 0.1) is 7.11 Å². The number of hydrogen-bond acceptors (Lipinski definition) is 3. The highest BCUT2D eigenvalue weighted by Gasteiger charge is 2.48. The summed E-state index contributed by atoms with van der Waals surface area (Å²) in [5.41, 5.74) is -0.835. The molecule has 3 nitrogen and oxygen atoms in total. The van der Waals surface area contributed by atoms with Gasteiger partial charge in [-0.3, -0.25) is 9.59 Å². The molecular formula is C9H13BrO3. The lowest BCUT2D eigenvalue weighted by Crippen LogP contribution is -2.36. The molecule has 1 aliphatic rings. The predicted molar refractivity (Wildman–Crippen MR) is 51.7 cm³/mol. The Bertz CT molecular complexity index is 227. The number of rotatable bonds is 3. The van der Waals surface area contributed by atoms with Gasteiger partial charge in [-0.1, -0.05) is 15.9 Å². The van der Waals surface area contributed by atoms with Crippen LogP contribution in [-0.4, -0.2) is 24.2 Å². The van der Waals surface area contributed by atoms with E-state index < -0.39 is 5.41 Å². The van der Waals surface area contributed by atoms with Crippen LogP contribution in [0.15, 0.2) is 0 Å². The minimum Gasteiger partial charge on any atom is -0.468 e. The number of carbonyl (C=O) groups excluding carboxylic acids is 2. The van der Waals surface area contributed by atoms with Gasteiger partial charge in [-0.2, -0.15) is 0 Å². The molecule has 0 radical (unpaired) electrons. The van der Waals surface area contributed by atoms with Crippen molar-refractivity contribution in [2.24, 2.45) is 5.41 Å². The van der Waals surface area contributed by atoms with Gasteiger partial charge in [-0.15, -0.1) is 0 Å². The first-order valence-corrected chi connectivity index (χ1v) is 5.47. The van der Waals surface area contributed by atoms with Crippen LogP contribution in [-0.2, 0) is 14.3 Å². The van der Waals surface area contributed by atoms with Crippen LogP contribution in [0.2, 0.25) is 0 Å². The molecule has 13 heavy (non-hydrogen) atoms. The molecule has 0 bridgehead atoms. The molecule has 0 aromatic carbocycles. The standard InChI is InChI=1S/C9H13BrO3/c1-13-8(12)9(5-6-10)4-2-3-7(9)11/h2-6H2,1H3. The molecule has 0 spiro atoms. The van der Waals surface area contributed by atoms with Gasteiger partial charge in [-0.05, 0) is 19.3 Å². The Labute approximate surface area is 86.0 Å². The van der Waals surface area contributed by atoms with Gasteiger partial charge in [0.25, 0.3) is 0 Å². The summed E-state index contributed by atoms with van der Waals surface area (Å²) in [6.07, 6.45) is 2.52. The van der Waals surface area contributed by atoms with Gasteiger partial charge in [0.2, 0.25) is 0 Å². The molecule has 0 saturated heterocycles. The van der Waals surface area contributed by atoms with E-state index in [1.165, 1.54) is 7.11 Å². The largest absolute Gasteiger partial charge is 0.468 e. The highest BCUT2D eigenvalue weighted by molar-refractivity contribution is 9.09. The van der Waals surface area contributed by atoms with Crippen LogP contribution in [0, 0.1) is 5.41 Å². The SMILES string of the molecule is COC(=O)C1(CCBr)CCCC1=O. The Balaban J connectivity index is 2.86. The number of Topliss-reactive ketones (excluding diaryl/α,β-unsaturated/α-hetero) is 1. The maximum absolute atomic E-state index is 11.6. The van der Waals surface area contributed by atoms with Crippen LogP contribution >= 0.6 is 15.9 Å². The third-order valence-corrected chi connectivity index (χ3v) is 3.04. The van der Waals surface area contributed by atoms with Crippen molar-refractivity contribution in [1.82, 2.24) is 0 Å². The van der Waals surface area contributed by atoms with Crippen molar-refractivity contribution in [3.8, 4) is 0 Å². The topological polar surface area (TPSA) is 43.4 Å². The van der Waals surface area contributed by atoms with Gasteiger partial charge in [0, 0.05) is 11.8 Å². The highest BCUT2D eigenvalue weighted by atomic mass is 79.9. The molecule has 74 valence electrons. The maximum atomic E-state index is 11.6. The van der Waals surface area contributed by atoms with E-state index in [4.69, 9.17) is 0 Å². The summed E-state index contributed by atoms with van der Waals surface area (Å²) in [6.45, 7) is 0. The Morgan fingerprint density at radius 1 is 1.69 bits per heavy atom. The first kappa shape index (κ1) is 10.7. The average molecular weight is 249 g/mol. The first-order chi connectivity index (χ1) is 6.17. The lowest BCUT2D eigenvalue weighted by molar-refractivity contribution is -0.156. The van der Waals surface area contributed by atoms with E-state index in [0.29, 0.717) is 24.6 Å². The molecule has 4 heteroatoms. The number of esters is 1. The molecule has 0 heterocycles.